The number of benzene rings is 1. The summed E-state index contributed by atoms with van der Waals surface area (Å²) >= 11 is 0. The highest BCUT2D eigenvalue weighted by Gasteiger charge is 2.25. The van der Waals surface area contributed by atoms with E-state index in [9.17, 15) is 8.42 Å². The van der Waals surface area contributed by atoms with Crippen LogP contribution in [0.15, 0.2) is 29.2 Å². The summed E-state index contributed by atoms with van der Waals surface area (Å²) in [7, 11) is -1.42. The van der Waals surface area contributed by atoms with E-state index in [1.807, 2.05) is 26.1 Å². The summed E-state index contributed by atoms with van der Waals surface area (Å²) in [6, 6.07) is 7.70. The third-order valence-electron chi connectivity index (χ3n) is 3.84. The Hall–Kier alpha value is -0.910. The standard InChI is InChI=1S/C14H22N2O2S/c1-11-5-3-4-6-14(11)19(17,18)16-13-9-7-12(15-2)8-10-13/h3-6,12-13,15-16H,7-10H2,1-2H3. The lowest BCUT2D eigenvalue weighted by Crippen LogP contribution is -2.41. The average molecular weight is 282 g/mol. The van der Waals surface area contributed by atoms with Crippen LogP contribution in [-0.2, 0) is 10.0 Å². The Labute approximate surface area is 115 Å². The van der Waals surface area contributed by atoms with E-state index in [0.29, 0.717) is 10.9 Å². The summed E-state index contributed by atoms with van der Waals surface area (Å²) in [6.45, 7) is 1.83. The van der Waals surface area contributed by atoms with Crippen LogP contribution in [0.4, 0.5) is 0 Å². The monoisotopic (exact) mass is 282 g/mol. The second-order valence-electron chi connectivity index (χ2n) is 5.22. The van der Waals surface area contributed by atoms with Gasteiger partial charge in [0.15, 0.2) is 0 Å². The Bertz CT molecular complexity index is 520. The second-order valence-corrected chi connectivity index (χ2v) is 6.91. The summed E-state index contributed by atoms with van der Waals surface area (Å²) in [6.07, 6.45) is 3.85. The molecule has 1 aliphatic rings. The van der Waals surface area contributed by atoms with Crippen LogP contribution in [0, 0.1) is 6.92 Å². The zero-order valence-electron chi connectivity index (χ0n) is 11.5. The van der Waals surface area contributed by atoms with Gasteiger partial charge in [0.05, 0.1) is 4.90 Å². The van der Waals surface area contributed by atoms with Gasteiger partial charge in [0.1, 0.15) is 0 Å². The average Bonchev–Trinajstić information content (AvgIpc) is 2.39. The Morgan fingerprint density at radius 1 is 1.05 bits per heavy atom. The highest BCUT2D eigenvalue weighted by molar-refractivity contribution is 7.89. The van der Waals surface area contributed by atoms with Crippen LogP contribution in [-0.4, -0.2) is 27.5 Å². The van der Waals surface area contributed by atoms with E-state index in [-0.39, 0.29) is 6.04 Å². The number of aryl methyl sites for hydroxylation is 1. The zero-order chi connectivity index (χ0) is 13.9. The molecular weight excluding hydrogens is 260 g/mol. The molecule has 0 spiro atoms. The molecule has 2 rings (SSSR count). The minimum atomic E-state index is -3.39. The van der Waals surface area contributed by atoms with Crippen molar-refractivity contribution in [3.8, 4) is 0 Å². The molecule has 2 N–H and O–H groups in total. The third-order valence-corrected chi connectivity index (χ3v) is 5.52. The predicted octanol–water partition coefficient (Wildman–Crippen LogP) is 1.80. The fourth-order valence-electron chi connectivity index (χ4n) is 2.64. The summed E-state index contributed by atoms with van der Waals surface area (Å²) in [5.41, 5.74) is 0.791. The van der Waals surface area contributed by atoms with Gasteiger partial charge in [0, 0.05) is 12.1 Å². The van der Waals surface area contributed by atoms with Crippen molar-refractivity contribution in [1.29, 1.82) is 0 Å². The van der Waals surface area contributed by atoms with Gasteiger partial charge in [0.25, 0.3) is 0 Å². The maximum Gasteiger partial charge on any atom is 0.241 e. The maximum atomic E-state index is 12.3. The minimum Gasteiger partial charge on any atom is -0.317 e. The van der Waals surface area contributed by atoms with E-state index in [4.69, 9.17) is 0 Å². The van der Waals surface area contributed by atoms with E-state index >= 15 is 0 Å². The van der Waals surface area contributed by atoms with Crippen LogP contribution in [0.2, 0.25) is 0 Å². The Morgan fingerprint density at radius 2 is 1.63 bits per heavy atom. The fourth-order valence-corrected chi connectivity index (χ4v) is 4.19. The molecule has 0 unspecified atom stereocenters. The van der Waals surface area contributed by atoms with E-state index in [2.05, 4.69) is 10.0 Å². The number of sulfonamides is 1. The van der Waals surface area contributed by atoms with Crippen LogP contribution < -0.4 is 10.0 Å². The molecule has 0 aliphatic heterocycles. The van der Waals surface area contributed by atoms with Gasteiger partial charge in [-0.3, -0.25) is 0 Å². The van der Waals surface area contributed by atoms with Crippen molar-refractivity contribution in [2.75, 3.05) is 7.05 Å². The Kier molecular flexibility index (Phi) is 4.60. The molecule has 0 heterocycles. The van der Waals surface area contributed by atoms with Gasteiger partial charge >= 0.3 is 0 Å². The first-order chi connectivity index (χ1) is 9.03. The van der Waals surface area contributed by atoms with Crippen molar-refractivity contribution in [2.24, 2.45) is 0 Å². The quantitative estimate of drug-likeness (QED) is 0.885. The van der Waals surface area contributed by atoms with Crippen LogP contribution in [0.5, 0.6) is 0 Å². The summed E-state index contributed by atoms with van der Waals surface area (Å²) in [5.74, 6) is 0. The Morgan fingerprint density at radius 3 is 2.21 bits per heavy atom. The molecule has 5 heteroatoms. The van der Waals surface area contributed by atoms with Gasteiger partial charge < -0.3 is 5.32 Å². The summed E-state index contributed by atoms with van der Waals surface area (Å²) < 4.78 is 27.5. The van der Waals surface area contributed by atoms with E-state index in [0.717, 1.165) is 31.2 Å². The molecule has 19 heavy (non-hydrogen) atoms. The van der Waals surface area contributed by atoms with Crippen LogP contribution in [0.1, 0.15) is 31.2 Å². The van der Waals surface area contributed by atoms with Gasteiger partial charge in [-0.2, -0.15) is 0 Å². The van der Waals surface area contributed by atoms with Gasteiger partial charge in [0.2, 0.25) is 10.0 Å². The molecule has 1 saturated carbocycles. The second kappa shape index (κ2) is 6.03. The zero-order valence-corrected chi connectivity index (χ0v) is 12.3. The van der Waals surface area contributed by atoms with E-state index in [1.54, 1.807) is 12.1 Å². The van der Waals surface area contributed by atoms with Crippen molar-refractivity contribution >= 4 is 10.0 Å². The van der Waals surface area contributed by atoms with Crippen LogP contribution >= 0.6 is 0 Å². The van der Waals surface area contributed by atoms with Crippen molar-refractivity contribution in [3.05, 3.63) is 29.8 Å². The van der Waals surface area contributed by atoms with Crippen molar-refractivity contribution in [1.82, 2.24) is 10.0 Å². The summed E-state index contributed by atoms with van der Waals surface area (Å²) in [4.78, 5) is 0.394. The van der Waals surface area contributed by atoms with E-state index < -0.39 is 10.0 Å². The van der Waals surface area contributed by atoms with Crippen molar-refractivity contribution < 1.29 is 8.42 Å². The van der Waals surface area contributed by atoms with E-state index in [1.165, 1.54) is 0 Å². The SMILES string of the molecule is CNC1CCC(NS(=O)(=O)c2ccccc2C)CC1. The number of hydrogen-bond donors (Lipinski definition) is 2. The highest BCUT2D eigenvalue weighted by atomic mass is 32.2. The predicted molar refractivity (Wildman–Crippen MR) is 76.6 cm³/mol. The molecular formula is C14H22N2O2S. The first-order valence-corrected chi connectivity index (χ1v) is 8.26. The fraction of sp³-hybridized carbons (Fsp3) is 0.571. The molecule has 4 nitrogen and oxygen atoms in total. The van der Waals surface area contributed by atoms with Crippen LogP contribution in [0.25, 0.3) is 0 Å². The topological polar surface area (TPSA) is 58.2 Å². The lowest BCUT2D eigenvalue weighted by molar-refractivity contribution is 0.342. The molecule has 0 amide bonds. The first-order valence-electron chi connectivity index (χ1n) is 6.78. The third kappa shape index (κ3) is 3.55. The minimum absolute atomic E-state index is 0.0641. The largest absolute Gasteiger partial charge is 0.317 e. The van der Waals surface area contributed by atoms with Crippen molar-refractivity contribution in [2.45, 2.75) is 49.6 Å². The maximum absolute atomic E-state index is 12.3. The van der Waals surface area contributed by atoms with Crippen molar-refractivity contribution in [3.63, 3.8) is 0 Å². The Balaban J connectivity index is 2.05. The number of nitrogens with one attached hydrogen (secondary N) is 2. The van der Waals surface area contributed by atoms with Gasteiger partial charge in [-0.05, 0) is 51.3 Å². The smallest absolute Gasteiger partial charge is 0.241 e. The van der Waals surface area contributed by atoms with Gasteiger partial charge in [-0.15, -0.1) is 0 Å². The number of rotatable bonds is 4. The molecule has 1 aromatic rings. The molecule has 0 radical (unpaired) electrons. The first kappa shape index (κ1) is 14.5. The lowest BCUT2D eigenvalue weighted by Gasteiger charge is -2.28. The molecule has 106 valence electrons. The lowest BCUT2D eigenvalue weighted by atomic mass is 9.92. The van der Waals surface area contributed by atoms with Gasteiger partial charge in [-0.1, -0.05) is 18.2 Å². The summed E-state index contributed by atoms with van der Waals surface area (Å²) in [5, 5.41) is 3.25. The molecule has 1 fully saturated rings. The molecule has 1 aromatic carbocycles. The molecule has 0 atom stereocenters. The number of hydrogen-bond acceptors (Lipinski definition) is 3. The molecule has 0 aromatic heterocycles. The molecule has 0 saturated heterocycles. The van der Waals surface area contributed by atoms with Crippen LogP contribution in [0.3, 0.4) is 0 Å². The highest BCUT2D eigenvalue weighted by Crippen LogP contribution is 2.21. The van der Waals surface area contributed by atoms with Gasteiger partial charge in [-0.25, -0.2) is 13.1 Å². The molecule has 0 bridgehead atoms. The molecule has 1 aliphatic carbocycles. The normalized spacial score (nSPS) is 24.3.